The summed E-state index contributed by atoms with van der Waals surface area (Å²) in [5, 5.41) is 8.08. The van der Waals surface area contributed by atoms with E-state index < -0.39 is 6.03 Å². The molecule has 2 fully saturated rings. The van der Waals surface area contributed by atoms with E-state index >= 15 is 0 Å². The molecule has 1 unspecified atom stereocenters. The Morgan fingerprint density at radius 3 is 2.62 bits per heavy atom. The number of urea groups is 1. The lowest BCUT2D eigenvalue weighted by molar-refractivity contribution is -0.121. The van der Waals surface area contributed by atoms with E-state index in [4.69, 9.17) is 0 Å². The Morgan fingerprint density at radius 2 is 2.08 bits per heavy atom. The van der Waals surface area contributed by atoms with Crippen LogP contribution in [0.2, 0.25) is 0 Å². The second-order valence-corrected chi connectivity index (χ2v) is 3.57. The van der Waals surface area contributed by atoms with Crippen molar-refractivity contribution in [1.82, 2.24) is 16.0 Å². The Kier molecular flexibility index (Phi) is 2.18. The molecule has 1 atom stereocenters. The molecule has 2 aliphatic rings. The maximum absolute atomic E-state index is 11.0. The predicted molar refractivity (Wildman–Crippen MR) is 45.9 cm³/mol. The first-order chi connectivity index (χ1) is 6.24. The predicted octanol–water partition coefficient (Wildman–Crippen LogP) is -0.316. The molecule has 0 aromatic heterocycles. The van der Waals surface area contributed by atoms with Gasteiger partial charge in [0, 0.05) is 6.04 Å². The van der Waals surface area contributed by atoms with Crippen molar-refractivity contribution in [2.45, 2.75) is 37.9 Å². The molecule has 0 aromatic carbocycles. The Labute approximate surface area is 76.3 Å². The Morgan fingerprint density at radius 1 is 1.31 bits per heavy atom. The van der Waals surface area contributed by atoms with Gasteiger partial charge < -0.3 is 5.32 Å². The van der Waals surface area contributed by atoms with Crippen molar-refractivity contribution in [2.24, 2.45) is 0 Å². The Balaban J connectivity index is 1.83. The summed E-state index contributed by atoms with van der Waals surface area (Å²) in [6, 6.07) is 0.0873. The minimum absolute atomic E-state index is 0.174. The highest BCUT2D eigenvalue weighted by Gasteiger charge is 2.27. The van der Waals surface area contributed by atoms with E-state index in [2.05, 4.69) is 16.0 Å². The summed E-state index contributed by atoms with van der Waals surface area (Å²) in [5.41, 5.74) is 0. The summed E-state index contributed by atoms with van der Waals surface area (Å²) in [5.74, 6) is -0.208. The summed E-state index contributed by atoms with van der Waals surface area (Å²) in [6.45, 7) is 0. The van der Waals surface area contributed by atoms with Crippen LogP contribution in [0.4, 0.5) is 4.79 Å². The van der Waals surface area contributed by atoms with Crippen LogP contribution < -0.4 is 16.0 Å². The van der Waals surface area contributed by atoms with E-state index in [9.17, 15) is 9.59 Å². The number of nitrogens with one attached hydrogen (secondary N) is 3. The number of hydrogen-bond donors (Lipinski definition) is 3. The number of carbonyl (C=O) groups excluding carboxylic acids is 2. The van der Waals surface area contributed by atoms with E-state index in [1.165, 1.54) is 6.42 Å². The van der Waals surface area contributed by atoms with Gasteiger partial charge in [0.15, 0.2) is 0 Å². The molecule has 5 heteroatoms. The van der Waals surface area contributed by atoms with Gasteiger partial charge in [-0.05, 0) is 12.8 Å². The summed E-state index contributed by atoms with van der Waals surface area (Å²) in [7, 11) is 0. The molecule has 1 saturated carbocycles. The first-order valence-electron chi connectivity index (χ1n) is 4.60. The van der Waals surface area contributed by atoms with Gasteiger partial charge in [0.1, 0.15) is 0 Å². The third-order valence-corrected chi connectivity index (χ3v) is 2.49. The van der Waals surface area contributed by atoms with Gasteiger partial charge in [-0.15, -0.1) is 0 Å². The van der Waals surface area contributed by atoms with Gasteiger partial charge in [0.05, 0.1) is 12.6 Å². The van der Waals surface area contributed by atoms with E-state index in [0.29, 0.717) is 12.5 Å². The van der Waals surface area contributed by atoms with Gasteiger partial charge in [-0.3, -0.25) is 15.4 Å². The van der Waals surface area contributed by atoms with Gasteiger partial charge in [-0.1, -0.05) is 6.42 Å². The molecule has 0 bridgehead atoms. The zero-order valence-corrected chi connectivity index (χ0v) is 7.30. The lowest BCUT2D eigenvalue weighted by Gasteiger charge is -2.33. The zero-order chi connectivity index (χ0) is 9.26. The third-order valence-electron chi connectivity index (χ3n) is 2.49. The van der Waals surface area contributed by atoms with Crippen molar-refractivity contribution in [1.29, 1.82) is 0 Å². The highest BCUT2D eigenvalue weighted by molar-refractivity contribution is 5.97. The van der Waals surface area contributed by atoms with E-state index in [-0.39, 0.29) is 12.1 Å². The number of rotatable bonds is 2. The summed E-state index contributed by atoms with van der Waals surface area (Å²) in [6.07, 6.45) is 3.70. The highest BCUT2D eigenvalue weighted by Crippen LogP contribution is 2.18. The van der Waals surface area contributed by atoms with Crippen molar-refractivity contribution >= 4 is 11.9 Å². The largest absolute Gasteiger partial charge is 0.322 e. The molecule has 0 spiro atoms. The molecule has 1 saturated heterocycles. The van der Waals surface area contributed by atoms with Gasteiger partial charge in [0.2, 0.25) is 5.91 Å². The SMILES string of the molecule is O=C1CC(NC2CCC2)NC(=O)N1. The maximum atomic E-state index is 11.0. The molecular formula is C8H13N3O2. The number of hydrogen-bond acceptors (Lipinski definition) is 3. The lowest BCUT2D eigenvalue weighted by atomic mass is 9.93. The number of carbonyl (C=O) groups is 2. The van der Waals surface area contributed by atoms with Gasteiger partial charge in [-0.2, -0.15) is 0 Å². The first-order valence-corrected chi connectivity index (χ1v) is 4.60. The van der Waals surface area contributed by atoms with Crippen LogP contribution in [0.15, 0.2) is 0 Å². The number of amides is 3. The second-order valence-electron chi connectivity index (χ2n) is 3.57. The van der Waals surface area contributed by atoms with Crippen LogP contribution in [0.1, 0.15) is 25.7 Å². The van der Waals surface area contributed by atoms with Crippen molar-refractivity contribution < 1.29 is 9.59 Å². The monoisotopic (exact) mass is 183 g/mol. The molecule has 3 N–H and O–H groups in total. The fourth-order valence-electron chi connectivity index (χ4n) is 1.57. The summed E-state index contributed by atoms with van der Waals surface area (Å²) in [4.78, 5) is 21.8. The molecule has 1 aliphatic heterocycles. The normalized spacial score (nSPS) is 29.1. The smallest absolute Gasteiger partial charge is 0.322 e. The van der Waals surface area contributed by atoms with Crippen LogP contribution in [0.25, 0.3) is 0 Å². The lowest BCUT2D eigenvalue weighted by Crippen LogP contribution is -2.60. The minimum atomic E-state index is -0.395. The van der Waals surface area contributed by atoms with E-state index in [0.717, 1.165) is 12.8 Å². The molecule has 1 aliphatic carbocycles. The Hall–Kier alpha value is -1.10. The van der Waals surface area contributed by atoms with Crippen molar-refractivity contribution in [2.75, 3.05) is 0 Å². The van der Waals surface area contributed by atoms with Crippen molar-refractivity contribution in [3.05, 3.63) is 0 Å². The molecule has 3 amide bonds. The molecule has 0 aromatic rings. The topological polar surface area (TPSA) is 70.2 Å². The average Bonchev–Trinajstić information content (AvgIpc) is 1.95. The van der Waals surface area contributed by atoms with Crippen molar-refractivity contribution in [3.8, 4) is 0 Å². The van der Waals surface area contributed by atoms with Crippen LogP contribution >= 0.6 is 0 Å². The minimum Gasteiger partial charge on any atom is -0.322 e. The quantitative estimate of drug-likeness (QED) is 0.549. The maximum Gasteiger partial charge on any atom is 0.322 e. The van der Waals surface area contributed by atoms with Crippen molar-refractivity contribution in [3.63, 3.8) is 0 Å². The van der Waals surface area contributed by atoms with Crippen LogP contribution in [0.3, 0.4) is 0 Å². The second kappa shape index (κ2) is 3.33. The summed E-state index contributed by atoms with van der Waals surface area (Å²) < 4.78 is 0. The molecule has 0 radical (unpaired) electrons. The molecular weight excluding hydrogens is 170 g/mol. The molecule has 1 heterocycles. The van der Waals surface area contributed by atoms with Crippen LogP contribution in [0.5, 0.6) is 0 Å². The fraction of sp³-hybridized carbons (Fsp3) is 0.750. The molecule has 13 heavy (non-hydrogen) atoms. The molecule has 72 valence electrons. The first kappa shape index (κ1) is 8.50. The molecule has 2 rings (SSSR count). The number of imide groups is 1. The average molecular weight is 183 g/mol. The Bertz CT molecular complexity index is 222. The third kappa shape index (κ3) is 1.98. The summed E-state index contributed by atoms with van der Waals surface area (Å²) >= 11 is 0. The molecule has 5 nitrogen and oxygen atoms in total. The highest BCUT2D eigenvalue weighted by atomic mass is 16.2. The fourth-order valence-corrected chi connectivity index (χ4v) is 1.57. The van der Waals surface area contributed by atoms with E-state index in [1.54, 1.807) is 0 Å². The van der Waals surface area contributed by atoms with Gasteiger partial charge >= 0.3 is 6.03 Å². The van der Waals surface area contributed by atoms with Gasteiger partial charge in [0.25, 0.3) is 0 Å². The van der Waals surface area contributed by atoms with Crippen LogP contribution in [0, 0.1) is 0 Å². The standard InChI is InChI=1S/C8H13N3O2/c12-7-4-6(10-8(13)11-7)9-5-2-1-3-5/h5-6,9H,1-4H2,(H2,10,11,12,13). The van der Waals surface area contributed by atoms with Crippen LogP contribution in [-0.2, 0) is 4.79 Å². The van der Waals surface area contributed by atoms with Crippen LogP contribution in [-0.4, -0.2) is 24.1 Å². The van der Waals surface area contributed by atoms with E-state index in [1.807, 2.05) is 0 Å². The zero-order valence-electron chi connectivity index (χ0n) is 7.30. The van der Waals surface area contributed by atoms with Gasteiger partial charge in [-0.25, -0.2) is 4.79 Å².